The number of methoxy groups -OCH3 is 2. The van der Waals surface area contributed by atoms with Crippen LogP contribution in [0.15, 0.2) is 103 Å². The highest BCUT2D eigenvalue weighted by Gasteiger charge is 2.50. The Morgan fingerprint density at radius 1 is 0.806 bits per heavy atom. The van der Waals surface area contributed by atoms with Crippen molar-refractivity contribution < 1.29 is 28.7 Å². The van der Waals surface area contributed by atoms with E-state index in [9.17, 15) is 19.2 Å². The number of carbonyl (C=O) groups is 4. The van der Waals surface area contributed by atoms with Crippen LogP contribution < -0.4 is 10.6 Å². The van der Waals surface area contributed by atoms with Crippen LogP contribution in [0.1, 0.15) is 68.3 Å². The van der Waals surface area contributed by atoms with E-state index in [2.05, 4.69) is 92.9 Å². The fourth-order valence-corrected chi connectivity index (χ4v) is 9.19. The lowest BCUT2D eigenvalue weighted by Gasteiger charge is -2.34. The minimum atomic E-state index is -0.901. The van der Waals surface area contributed by atoms with Crippen molar-refractivity contribution in [3.63, 3.8) is 0 Å². The molecule has 14 nitrogen and oxygen atoms in total. The lowest BCUT2D eigenvalue weighted by Crippen LogP contribution is -2.45. The molecule has 1 aliphatic heterocycles. The molecule has 2 bridgehead atoms. The minimum Gasteiger partial charge on any atom is -0.453 e. The van der Waals surface area contributed by atoms with Crippen molar-refractivity contribution in [2.75, 3.05) is 27.3 Å². The second-order valence-electron chi connectivity index (χ2n) is 17.1. The number of nitrogens with one attached hydrogen (secondary N) is 4. The van der Waals surface area contributed by atoms with Crippen molar-refractivity contribution in [1.82, 2.24) is 40.4 Å². The first-order chi connectivity index (χ1) is 30.1. The number of hydrogen-bond donors (Lipinski definition) is 4. The summed E-state index contributed by atoms with van der Waals surface area (Å²) in [7, 11) is 2.57. The maximum Gasteiger partial charge on any atom is 0.407 e. The number of alkyl carbamates (subject to hydrolysis) is 2. The molecule has 2 aliphatic carbocycles. The third-order valence-electron chi connectivity index (χ3n) is 12.8. The van der Waals surface area contributed by atoms with Crippen LogP contribution in [0.2, 0.25) is 0 Å². The van der Waals surface area contributed by atoms with Gasteiger partial charge in [0.05, 0.1) is 50.6 Å². The van der Waals surface area contributed by atoms with Crippen molar-refractivity contribution >= 4 is 34.8 Å². The highest BCUT2D eigenvalue weighted by molar-refractivity contribution is 5.91. The molecule has 3 fully saturated rings. The molecular weight excluding hydrogens is 785 g/mol. The topological polar surface area (TPSA) is 175 Å². The van der Waals surface area contributed by atoms with E-state index >= 15 is 0 Å². The number of aromatic nitrogens is 4. The van der Waals surface area contributed by atoms with Gasteiger partial charge in [-0.25, -0.2) is 19.6 Å². The van der Waals surface area contributed by atoms with Crippen LogP contribution in [-0.2, 0) is 25.6 Å². The first kappa shape index (κ1) is 40.4. The normalized spacial score (nSPS) is 18.9. The maximum atomic E-state index is 14.2. The first-order valence-corrected chi connectivity index (χ1v) is 21.1. The van der Waals surface area contributed by atoms with Gasteiger partial charge in [0.15, 0.2) is 0 Å². The Morgan fingerprint density at radius 3 is 2.19 bits per heavy atom. The van der Waals surface area contributed by atoms with Gasteiger partial charge in [0, 0.05) is 18.2 Å². The van der Waals surface area contributed by atoms with Gasteiger partial charge in [-0.2, -0.15) is 0 Å². The summed E-state index contributed by atoms with van der Waals surface area (Å²) in [6.45, 7) is 2.87. The fraction of sp³-hybridized carbons (Fsp3) is 0.333. The van der Waals surface area contributed by atoms with Crippen molar-refractivity contribution in [2.45, 2.75) is 63.7 Å². The molecule has 4 unspecified atom stereocenters. The second kappa shape index (κ2) is 16.8. The number of H-pyrrole nitrogens is 2. The number of piperidine rings is 1. The average Bonchev–Trinajstić information content (AvgIpc) is 3.85. The molecule has 2 saturated carbocycles. The van der Waals surface area contributed by atoms with E-state index in [1.54, 1.807) is 11.1 Å². The van der Waals surface area contributed by atoms with Crippen molar-refractivity contribution in [1.29, 1.82) is 0 Å². The third kappa shape index (κ3) is 8.37. The van der Waals surface area contributed by atoms with E-state index < -0.39 is 18.2 Å². The predicted molar refractivity (Wildman–Crippen MR) is 233 cm³/mol. The number of aromatic amines is 2. The van der Waals surface area contributed by atoms with Gasteiger partial charge in [0.1, 0.15) is 24.2 Å². The van der Waals surface area contributed by atoms with Crippen LogP contribution in [0.5, 0.6) is 0 Å². The summed E-state index contributed by atoms with van der Waals surface area (Å²) in [6.07, 6.45) is 7.35. The maximum absolute atomic E-state index is 14.2. The molecular formula is C48H50N8O6. The van der Waals surface area contributed by atoms with Crippen LogP contribution in [-0.4, -0.2) is 87.1 Å². The van der Waals surface area contributed by atoms with Crippen molar-refractivity contribution in [3.05, 3.63) is 121 Å². The molecule has 4 N–H and O–H groups in total. The number of carbonyl (C=O) groups excluding carboxylic acids is 4. The van der Waals surface area contributed by atoms with E-state index in [1.807, 2.05) is 41.4 Å². The molecule has 62 heavy (non-hydrogen) atoms. The highest BCUT2D eigenvalue weighted by Crippen LogP contribution is 2.50. The van der Waals surface area contributed by atoms with Crippen LogP contribution in [0.3, 0.4) is 0 Å². The predicted octanol–water partition coefficient (Wildman–Crippen LogP) is 7.92. The van der Waals surface area contributed by atoms with E-state index in [1.165, 1.54) is 14.2 Å². The number of likely N-dealkylation sites (tertiary alicyclic amines) is 1. The van der Waals surface area contributed by atoms with E-state index in [0.717, 1.165) is 82.3 Å². The van der Waals surface area contributed by atoms with Gasteiger partial charge in [0.2, 0.25) is 11.8 Å². The molecule has 0 spiro atoms. The monoisotopic (exact) mass is 834 g/mol. The fourth-order valence-electron chi connectivity index (χ4n) is 9.19. The zero-order valence-corrected chi connectivity index (χ0v) is 35.0. The summed E-state index contributed by atoms with van der Waals surface area (Å²) in [4.78, 5) is 71.4. The van der Waals surface area contributed by atoms with Gasteiger partial charge in [-0.15, -0.1) is 0 Å². The highest BCUT2D eigenvalue weighted by atomic mass is 16.5. The van der Waals surface area contributed by atoms with Gasteiger partial charge in [-0.1, -0.05) is 85.8 Å². The number of benzene rings is 4. The zero-order chi connectivity index (χ0) is 43.0. The number of rotatable bonds is 13. The van der Waals surface area contributed by atoms with Crippen LogP contribution in [0.4, 0.5) is 9.59 Å². The Morgan fingerprint density at radius 2 is 1.47 bits per heavy atom. The molecule has 9 rings (SSSR count). The van der Waals surface area contributed by atoms with E-state index in [0.29, 0.717) is 23.9 Å². The Balaban J connectivity index is 0.881. The molecule has 4 atom stereocenters. The summed E-state index contributed by atoms with van der Waals surface area (Å²) in [5.74, 6) is 1.40. The van der Waals surface area contributed by atoms with Gasteiger partial charge in [-0.3, -0.25) is 9.59 Å². The average molecular weight is 835 g/mol. The summed E-state index contributed by atoms with van der Waals surface area (Å²) in [6, 6.07) is 29.4. The molecule has 1 saturated heterocycles. The summed E-state index contributed by atoms with van der Waals surface area (Å²) < 4.78 is 9.53. The minimum absolute atomic E-state index is 0.0237. The second-order valence-corrected chi connectivity index (χ2v) is 17.1. The molecule has 2 aromatic heterocycles. The van der Waals surface area contributed by atoms with Crippen LogP contribution in [0.25, 0.3) is 44.4 Å². The largest absolute Gasteiger partial charge is 0.453 e. The molecule has 14 heteroatoms. The molecule has 3 aliphatic rings. The smallest absolute Gasteiger partial charge is 0.407 e. The van der Waals surface area contributed by atoms with E-state index in [-0.39, 0.29) is 42.4 Å². The molecule has 4 aromatic carbocycles. The van der Waals surface area contributed by atoms with Gasteiger partial charge >= 0.3 is 12.2 Å². The number of fused-ring (bicyclic) bond motifs is 3. The number of hydrogen-bond acceptors (Lipinski definition) is 8. The third-order valence-corrected chi connectivity index (χ3v) is 12.8. The number of amides is 4. The van der Waals surface area contributed by atoms with Gasteiger partial charge in [-0.05, 0) is 88.6 Å². The molecule has 6 aromatic rings. The molecule has 3 heterocycles. The quantitative estimate of drug-likeness (QED) is 0.0908. The SMILES string of the molecule is COC(=O)NCC(=O)N1C2CCC(C2)C1c1ncc(-c2ccc(-c3ccc4cc(-c5cnc(CN(CC6(C)CC6)C(=O)C(NC(=O)OC)c6ccccc6)[nH]5)ccc4c3)cc2)[nH]1. The molecule has 0 radical (unpaired) electrons. The zero-order valence-electron chi connectivity index (χ0n) is 35.0. The van der Waals surface area contributed by atoms with Crippen molar-refractivity contribution in [3.8, 4) is 33.6 Å². The van der Waals surface area contributed by atoms with E-state index in [4.69, 9.17) is 14.7 Å². The summed E-state index contributed by atoms with van der Waals surface area (Å²) in [5, 5.41) is 7.45. The van der Waals surface area contributed by atoms with Gasteiger partial charge < -0.3 is 39.9 Å². The standard InChI is InChI=1S/C48H50N8O6/c1-48(19-20-48)28-55(45(58)42(54-47(60)62-3)31-7-5-4-6-8-31)27-40-49-24-39(52-40)35-16-15-33-21-32(13-14-34(33)22-35)29-9-11-30(12-10-29)38-25-50-44(53-38)43-36-17-18-37(23-36)56(43)41(57)26-51-46(59)61-2/h4-16,21-22,24-25,36-37,42-43H,17-20,23,26-28H2,1-3H3,(H,49,52)(H,50,53)(H,51,59)(H,54,60). The Kier molecular flexibility index (Phi) is 11.0. The summed E-state index contributed by atoms with van der Waals surface area (Å²) in [5.41, 5.74) is 6.57. The number of ether oxygens (including phenoxy) is 2. The van der Waals surface area contributed by atoms with Gasteiger partial charge in [0.25, 0.3) is 0 Å². The van der Waals surface area contributed by atoms with Crippen LogP contribution in [0, 0.1) is 11.3 Å². The summed E-state index contributed by atoms with van der Waals surface area (Å²) >= 11 is 0. The Hall–Kier alpha value is -6.96. The molecule has 4 amide bonds. The lowest BCUT2D eigenvalue weighted by atomic mass is 9.97. The lowest BCUT2D eigenvalue weighted by molar-refractivity contribution is -0.135. The Bertz CT molecular complexity index is 2620. The number of imidazole rings is 2. The van der Waals surface area contributed by atoms with Crippen LogP contribution >= 0.6 is 0 Å². The Labute approximate surface area is 359 Å². The van der Waals surface area contributed by atoms with Crippen molar-refractivity contribution in [2.24, 2.45) is 11.3 Å². The first-order valence-electron chi connectivity index (χ1n) is 21.1. The number of nitrogens with zero attached hydrogens (tertiary/aromatic N) is 4. The molecule has 318 valence electrons.